The van der Waals surface area contributed by atoms with Crippen LogP contribution in [-0.2, 0) is 0 Å². The molecule has 0 aromatic heterocycles. The van der Waals surface area contributed by atoms with Crippen LogP contribution in [0.2, 0.25) is 11.4 Å². The quantitative estimate of drug-likeness (QED) is 0.670. The Labute approximate surface area is 98.5 Å². The summed E-state index contributed by atoms with van der Waals surface area (Å²) in [6.45, 7) is 0. The predicted octanol–water partition coefficient (Wildman–Crippen LogP) is 2.61. The maximum absolute atomic E-state index is 5.96. The Kier molecular flexibility index (Phi) is 2.12. The summed E-state index contributed by atoms with van der Waals surface area (Å²) < 4.78 is 8.82. The van der Waals surface area contributed by atoms with E-state index < -0.39 is 13.6 Å². The van der Waals surface area contributed by atoms with Crippen LogP contribution in [0.15, 0.2) is 48.5 Å². The summed E-state index contributed by atoms with van der Waals surface area (Å²) in [7, 11) is 0. The first kappa shape index (κ1) is 9.98. The molecule has 1 radical (unpaired) electrons. The zero-order valence-electron chi connectivity index (χ0n) is 9.47. The van der Waals surface area contributed by atoms with Crippen LogP contribution in [0.5, 0.6) is 11.5 Å². The van der Waals surface area contributed by atoms with Crippen molar-refractivity contribution in [1.29, 1.82) is 0 Å². The van der Waals surface area contributed by atoms with E-state index in [2.05, 4.69) is 47.8 Å². The van der Waals surface area contributed by atoms with Crippen LogP contribution in [0.1, 0.15) is 0 Å². The summed E-state index contributed by atoms with van der Waals surface area (Å²) in [5, 5.41) is 0. The van der Waals surface area contributed by atoms with Gasteiger partial charge in [0.15, 0.2) is 0 Å². The van der Waals surface area contributed by atoms with Crippen LogP contribution in [0, 0.1) is 0 Å². The third-order valence-electron chi connectivity index (χ3n) is 3.15. The number of ether oxygens (including phenoxy) is 1. The normalized spacial score (nSPS) is 15.9. The van der Waals surface area contributed by atoms with E-state index in [1.54, 1.807) is 0 Å². The van der Waals surface area contributed by atoms with Crippen molar-refractivity contribution < 1.29 is 4.74 Å². The molecular formula is C14H14AsO. The zero-order chi connectivity index (χ0) is 11.2. The molecule has 0 bridgehead atoms. The van der Waals surface area contributed by atoms with Gasteiger partial charge in [-0.15, -0.1) is 0 Å². The van der Waals surface area contributed by atoms with Crippen molar-refractivity contribution in [2.75, 3.05) is 0 Å². The molecule has 0 spiro atoms. The van der Waals surface area contributed by atoms with Gasteiger partial charge in [0.05, 0.1) is 0 Å². The van der Waals surface area contributed by atoms with Crippen molar-refractivity contribution >= 4 is 22.3 Å². The number of fused-ring (bicyclic) bond motifs is 2. The number of para-hydroxylation sites is 2. The SMILES string of the molecule is C[As]1(C)c2ccccc2Oc2ccccc21. The molecule has 0 N–H and O–H groups in total. The Balaban J connectivity index is 2.28. The molecule has 0 unspecified atom stereocenters. The average molecular weight is 273 g/mol. The summed E-state index contributed by atoms with van der Waals surface area (Å²) in [6, 6.07) is 16.9. The van der Waals surface area contributed by atoms with Crippen LogP contribution >= 0.6 is 0 Å². The van der Waals surface area contributed by atoms with Gasteiger partial charge in [0.25, 0.3) is 0 Å². The second-order valence-corrected chi connectivity index (χ2v) is 12.6. The fraction of sp³-hybridized carbons (Fsp3) is 0.143. The van der Waals surface area contributed by atoms with Gasteiger partial charge in [0.1, 0.15) is 0 Å². The molecule has 1 heterocycles. The molecule has 0 aliphatic carbocycles. The summed E-state index contributed by atoms with van der Waals surface area (Å²) >= 11 is -1.93. The minimum absolute atomic E-state index is 1.05. The van der Waals surface area contributed by atoms with Gasteiger partial charge in [-0.05, 0) is 0 Å². The number of hydrogen-bond donors (Lipinski definition) is 0. The maximum atomic E-state index is 5.96. The fourth-order valence-corrected chi connectivity index (χ4v) is 7.54. The third kappa shape index (κ3) is 1.32. The monoisotopic (exact) mass is 273 g/mol. The standard InChI is InChI=1S/C14H14AsO/c1-15(2)11-7-3-5-9-13(11)16-14-10-6-4-8-12(14)15/h3-10H,1-2H3. The van der Waals surface area contributed by atoms with Gasteiger partial charge < -0.3 is 0 Å². The predicted molar refractivity (Wildman–Crippen MR) is 69.7 cm³/mol. The third-order valence-corrected chi connectivity index (χ3v) is 9.76. The van der Waals surface area contributed by atoms with E-state index in [0.717, 1.165) is 11.5 Å². The van der Waals surface area contributed by atoms with Crippen LogP contribution in [-0.4, -0.2) is 13.6 Å². The zero-order valence-corrected chi connectivity index (χ0v) is 11.4. The Hall–Kier alpha value is -1.20. The molecule has 1 aliphatic heterocycles. The molecule has 0 saturated heterocycles. The fourth-order valence-electron chi connectivity index (χ4n) is 2.26. The van der Waals surface area contributed by atoms with Crippen LogP contribution in [0.3, 0.4) is 0 Å². The molecule has 16 heavy (non-hydrogen) atoms. The van der Waals surface area contributed by atoms with Crippen molar-refractivity contribution in [2.24, 2.45) is 0 Å². The Morgan fingerprint density at radius 2 is 1.19 bits per heavy atom. The molecule has 2 aromatic carbocycles. The van der Waals surface area contributed by atoms with Crippen molar-refractivity contribution in [2.45, 2.75) is 11.4 Å². The van der Waals surface area contributed by atoms with Gasteiger partial charge in [-0.3, -0.25) is 0 Å². The molecule has 3 rings (SSSR count). The van der Waals surface area contributed by atoms with Crippen molar-refractivity contribution in [3.05, 3.63) is 48.5 Å². The van der Waals surface area contributed by atoms with Crippen molar-refractivity contribution in [1.82, 2.24) is 0 Å². The van der Waals surface area contributed by atoms with E-state index >= 15 is 0 Å². The van der Waals surface area contributed by atoms with Gasteiger partial charge in [-0.2, -0.15) is 0 Å². The summed E-state index contributed by atoms with van der Waals surface area (Å²) in [5.74, 6) is 2.11. The molecule has 81 valence electrons. The second kappa shape index (κ2) is 3.40. The molecule has 0 fully saturated rings. The Morgan fingerprint density at radius 3 is 1.69 bits per heavy atom. The van der Waals surface area contributed by atoms with Gasteiger partial charge in [-0.25, -0.2) is 0 Å². The summed E-state index contributed by atoms with van der Waals surface area (Å²) in [5.41, 5.74) is 4.83. The molecule has 2 heteroatoms. The molecule has 0 saturated carbocycles. The van der Waals surface area contributed by atoms with Gasteiger partial charge >= 0.3 is 98.4 Å². The van der Waals surface area contributed by atoms with Crippen LogP contribution in [0.25, 0.3) is 0 Å². The Bertz CT molecular complexity index is 498. The van der Waals surface area contributed by atoms with E-state index in [1.165, 1.54) is 8.70 Å². The number of benzene rings is 2. The molecular weight excluding hydrogens is 259 g/mol. The molecule has 0 atom stereocenters. The van der Waals surface area contributed by atoms with E-state index in [9.17, 15) is 0 Å². The molecule has 2 aromatic rings. The van der Waals surface area contributed by atoms with Crippen molar-refractivity contribution in [3.63, 3.8) is 0 Å². The second-order valence-electron chi connectivity index (χ2n) is 4.49. The van der Waals surface area contributed by atoms with E-state index in [-0.39, 0.29) is 0 Å². The first-order valence-corrected chi connectivity index (χ1v) is 11.0. The molecule has 1 aliphatic rings. The van der Waals surface area contributed by atoms with E-state index in [4.69, 9.17) is 4.74 Å². The number of rotatable bonds is 0. The topological polar surface area (TPSA) is 9.23 Å². The first-order valence-electron chi connectivity index (χ1n) is 5.40. The molecule has 0 amide bonds. The van der Waals surface area contributed by atoms with Gasteiger partial charge in [0, 0.05) is 0 Å². The first-order chi connectivity index (χ1) is 7.69. The van der Waals surface area contributed by atoms with Crippen LogP contribution in [0.4, 0.5) is 0 Å². The van der Waals surface area contributed by atoms with Gasteiger partial charge in [-0.1, -0.05) is 0 Å². The van der Waals surface area contributed by atoms with Crippen LogP contribution < -0.4 is 13.4 Å². The van der Waals surface area contributed by atoms with Gasteiger partial charge in [0.2, 0.25) is 0 Å². The van der Waals surface area contributed by atoms with Crippen molar-refractivity contribution in [3.8, 4) is 11.5 Å². The summed E-state index contributed by atoms with van der Waals surface area (Å²) in [6.07, 6.45) is 0. The van der Waals surface area contributed by atoms with E-state index in [0.29, 0.717) is 0 Å². The minimum atomic E-state index is -1.93. The summed E-state index contributed by atoms with van der Waals surface area (Å²) in [4.78, 5) is 0. The Morgan fingerprint density at radius 1 is 0.750 bits per heavy atom. The number of hydrogen-bond acceptors (Lipinski definition) is 1. The average Bonchev–Trinajstić information content (AvgIpc) is 2.29. The van der Waals surface area contributed by atoms with E-state index in [1.807, 2.05) is 12.1 Å². The molecule has 1 nitrogen and oxygen atoms in total.